The minimum atomic E-state index is -0.355. The van der Waals surface area contributed by atoms with E-state index >= 15 is 0 Å². The van der Waals surface area contributed by atoms with Gasteiger partial charge in [0.25, 0.3) is 5.91 Å². The lowest BCUT2D eigenvalue weighted by molar-refractivity contribution is 0.0773. The molecule has 1 fully saturated rings. The number of carbonyl (C=O) groups is 2. The topological polar surface area (TPSA) is 77.2 Å². The lowest BCUT2D eigenvalue weighted by atomic mass is 10.1. The lowest BCUT2D eigenvalue weighted by Crippen LogP contribution is -2.47. The van der Waals surface area contributed by atoms with E-state index in [1.165, 1.54) is 0 Å². The highest BCUT2D eigenvalue weighted by atomic mass is 32.2. The Morgan fingerprint density at radius 2 is 1.44 bits per heavy atom. The Kier molecular flexibility index (Phi) is 9.59. The fourth-order valence-electron chi connectivity index (χ4n) is 4.79. The maximum absolute atomic E-state index is 13.6. The van der Waals surface area contributed by atoms with E-state index in [1.54, 1.807) is 29.8 Å². The van der Waals surface area contributed by atoms with E-state index in [0.717, 1.165) is 48.2 Å². The molecule has 0 atom stereocenters. The van der Waals surface area contributed by atoms with Crippen LogP contribution in [0.3, 0.4) is 0 Å². The second-order valence-electron chi connectivity index (χ2n) is 9.16. The van der Waals surface area contributed by atoms with Crippen LogP contribution in [-0.4, -0.2) is 69.5 Å². The molecule has 1 aliphatic rings. The number of amides is 3. The minimum Gasteiger partial charge on any atom is -0.495 e. The number of nitrogens with zero attached hydrogens (tertiary/aromatic N) is 3. The average molecular weight is 548 g/mol. The van der Waals surface area contributed by atoms with Crippen LogP contribution >= 0.6 is 11.8 Å². The summed E-state index contributed by atoms with van der Waals surface area (Å²) in [6.07, 6.45) is 2.01. The highest BCUT2D eigenvalue weighted by Gasteiger charge is 2.25. The number of carbonyl (C=O) groups excluding carboxylic acids is 2. The summed E-state index contributed by atoms with van der Waals surface area (Å²) in [5.41, 5.74) is 3.82. The Morgan fingerprint density at radius 1 is 0.846 bits per heavy atom. The van der Waals surface area contributed by atoms with Crippen molar-refractivity contribution >= 4 is 46.4 Å². The SMILES string of the molecule is CCN(CC)C(=O)c1cc(NC(=O)Nc2ccc(SC)cc2)ccc1N1CCN(c2ccccc2OC)CC1. The number of ether oxygens (including phenoxy) is 1. The zero-order valence-corrected chi connectivity index (χ0v) is 23.9. The van der Waals surface area contributed by atoms with Crippen LogP contribution in [-0.2, 0) is 0 Å². The van der Waals surface area contributed by atoms with Crippen molar-refractivity contribution in [3.63, 3.8) is 0 Å². The normalized spacial score (nSPS) is 13.1. The zero-order valence-electron chi connectivity index (χ0n) is 23.1. The van der Waals surface area contributed by atoms with Crippen LogP contribution in [0.5, 0.6) is 5.75 Å². The third-order valence-electron chi connectivity index (χ3n) is 6.93. The molecule has 206 valence electrons. The fraction of sp³-hybridized carbons (Fsp3) is 0.333. The van der Waals surface area contributed by atoms with Gasteiger partial charge >= 0.3 is 6.03 Å². The molecular weight excluding hydrogens is 510 g/mol. The van der Waals surface area contributed by atoms with Gasteiger partial charge in [0.2, 0.25) is 0 Å². The predicted molar refractivity (Wildman–Crippen MR) is 162 cm³/mol. The summed E-state index contributed by atoms with van der Waals surface area (Å²) in [6, 6.07) is 20.9. The van der Waals surface area contributed by atoms with Crippen molar-refractivity contribution in [1.82, 2.24) is 4.90 Å². The standard InChI is InChI=1S/C30H37N5O3S/c1-5-33(6-2)29(36)25-21-23(32-30(37)31-22-11-14-24(39-4)15-12-22)13-16-26(25)34-17-19-35(20-18-34)27-9-7-8-10-28(27)38-3/h7-16,21H,5-6,17-20H2,1-4H3,(H2,31,32,37). The van der Waals surface area contributed by atoms with Crippen molar-refractivity contribution in [3.05, 3.63) is 72.3 Å². The Balaban J connectivity index is 1.52. The van der Waals surface area contributed by atoms with Gasteiger partial charge < -0.3 is 30.1 Å². The van der Waals surface area contributed by atoms with Crippen molar-refractivity contribution < 1.29 is 14.3 Å². The second kappa shape index (κ2) is 13.3. The molecule has 0 unspecified atom stereocenters. The maximum atomic E-state index is 13.6. The third-order valence-corrected chi connectivity index (χ3v) is 7.67. The number of urea groups is 1. The molecule has 0 aliphatic carbocycles. The Bertz CT molecular complexity index is 1270. The van der Waals surface area contributed by atoms with Crippen molar-refractivity contribution in [3.8, 4) is 5.75 Å². The van der Waals surface area contributed by atoms with Crippen LogP contribution in [0.2, 0.25) is 0 Å². The number of para-hydroxylation sites is 2. The number of thioether (sulfide) groups is 1. The molecule has 39 heavy (non-hydrogen) atoms. The van der Waals surface area contributed by atoms with Crippen LogP contribution < -0.4 is 25.2 Å². The van der Waals surface area contributed by atoms with Gasteiger partial charge in [0, 0.05) is 61.2 Å². The lowest BCUT2D eigenvalue weighted by Gasteiger charge is -2.38. The minimum absolute atomic E-state index is 0.0427. The molecule has 0 aromatic heterocycles. The van der Waals surface area contributed by atoms with E-state index in [9.17, 15) is 9.59 Å². The number of methoxy groups -OCH3 is 1. The fourth-order valence-corrected chi connectivity index (χ4v) is 5.20. The van der Waals surface area contributed by atoms with Gasteiger partial charge in [0.05, 0.1) is 18.4 Å². The predicted octanol–water partition coefficient (Wildman–Crippen LogP) is 5.87. The second-order valence-corrected chi connectivity index (χ2v) is 10.0. The van der Waals surface area contributed by atoms with Crippen LogP contribution in [0.4, 0.5) is 27.5 Å². The number of rotatable bonds is 9. The number of anilines is 4. The average Bonchev–Trinajstić information content (AvgIpc) is 2.98. The molecule has 9 heteroatoms. The number of benzene rings is 3. The summed E-state index contributed by atoms with van der Waals surface area (Å²) in [7, 11) is 1.69. The van der Waals surface area contributed by atoms with E-state index in [0.29, 0.717) is 30.0 Å². The van der Waals surface area contributed by atoms with Gasteiger partial charge in [-0.3, -0.25) is 4.79 Å². The van der Waals surface area contributed by atoms with Crippen LogP contribution in [0.25, 0.3) is 0 Å². The molecule has 1 saturated heterocycles. The smallest absolute Gasteiger partial charge is 0.323 e. The highest BCUT2D eigenvalue weighted by molar-refractivity contribution is 7.98. The van der Waals surface area contributed by atoms with Gasteiger partial charge in [-0.25, -0.2) is 4.79 Å². The number of hydrogen-bond acceptors (Lipinski definition) is 6. The van der Waals surface area contributed by atoms with Crippen LogP contribution in [0.15, 0.2) is 71.6 Å². The summed E-state index contributed by atoms with van der Waals surface area (Å²) < 4.78 is 5.56. The Labute approximate surface area is 235 Å². The molecule has 8 nitrogen and oxygen atoms in total. The third kappa shape index (κ3) is 6.78. The van der Waals surface area contributed by atoms with Crippen molar-refractivity contribution in [2.75, 3.05) is 73.1 Å². The molecule has 3 amide bonds. The zero-order chi connectivity index (χ0) is 27.8. The van der Waals surface area contributed by atoms with Crippen LogP contribution in [0.1, 0.15) is 24.2 Å². The monoisotopic (exact) mass is 547 g/mol. The van der Waals surface area contributed by atoms with E-state index in [-0.39, 0.29) is 11.9 Å². The number of nitrogens with one attached hydrogen (secondary N) is 2. The molecule has 3 aromatic carbocycles. The first-order valence-corrected chi connectivity index (χ1v) is 14.5. The molecular formula is C30H37N5O3S. The molecule has 0 spiro atoms. The van der Waals surface area contributed by atoms with E-state index in [4.69, 9.17) is 4.74 Å². The first-order valence-electron chi connectivity index (χ1n) is 13.3. The molecule has 4 rings (SSSR count). The summed E-state index contributed by atoms with van der Waals surface area (Å²) in [5, 5.41) is 5.76. The largest absolute Gasteiger partial charge is 0.495 e. The number of piperazine rings is 1. The first kappa shape index (κ1) is 28.2. The quantitative estimate of drug-likeness (QED) is 0.326. The van der Waals surface area contributed by atoms with Crippen molar-refractivity contribution in [2.45, 2.75) is 18.7 Å². The van der Waals surface area contributed by atoms with Gasteiger partial charge in [-0.05, 0) is 74.7 Å². The summed E-state index contributed by atoms with van der Waals surface area (Å²) in [6.45, 7) is 8.30. The highest BCUT2D eigenvalue weighted by Crippen LogP contribution is 2.31. The molecule has 0 radical (unpaired) electrons. The molecule has 3 aromatic rings. The van der Waals surface area contributed by atoms with E-state index < -0.39 is 0 Å². The molecule has 2 N–H and O–H groups in total. The Hall–Kier alpha value is -3.85. The van der Waals surface area contributed by atoms with Gasteiger partial charge in [-0.15, -0.1) is 11.8 Å². The summed E-state index contributed by atoms with van der Waals surface area (Å²) in [5.74, 6) is 0.816. The Morgan fingerprint density at radius 3 is 2.05 bits per heavy atom. The van der Waals surface area contributed by atoms with Crippen molar-refractivity contribution in [2.24, 2.45) is 0 Å². The summed E-state index contributed by atoms with van der Waals surface area (Å²) in [4.78, 5) is 33.8. The van der Waals surface area contributed by atoms with Gasteiger partial charge in [-0.2, -0.15) is 0 Å². The van der Waals surface area contributed by atoms with Gasteiger partial charge in [0.15, 0.2) is 0 Å². The van der Waals surface area contributed by atoms with Crippen LogP contribution in [0, 0.1) is 0 Å². The first-order chi connectivity index (χ1) is 19.0. The molecule has 1 aliphatic heterocycles. The number of hydrogen-bond donors (Lipinski definition) is 2. The van der Waals surface area contributed by atoms with E-state index in [2.05, 4.69) is 26.5 Å². The van der Waals surface area contributed by atoms with Crippen molar-refractivity contribution in [1.29, 1.82) is 0 Å². The molecule has 0 bridgehead atoms. The van der Waals surface area contributed by atoms with Gasteiger partial charge in [0.1, 0.15) is 5.75 Å². The summed E-state index contributed by atoms with van der Waals surface area (Å²) >= 11 is 1.65. The maximum Gasteiger partial charge on any atom is 0.323 e. The molecule has 0 saturated carbocycles. The van der Waals surface area contributed by atoms with E-state index in [1.807, 2.05) is 74.7 Å². The van der Waals surface area contributed by atoms with Gasteiger partial charge in [-0.1, -0.05) is 12.1 Å². The molecule has 1 heterocycles.